The SMILES string of the molecule is CN(C)c1nc(Cl)c(C(=O)Nc2cc(-c3ccncc3)[nH]n2)s1. The van der Waals surface area contributed by atoms with Gasteiger partial charge in [0.05, 0.1) is 5.69 Å². The predicted octanol–water partition coefficient (Wildman–Crippen LogP) is 2.90. The van der Waals surface area contributed by atoms with Crippen molar-refractivity contribution in [2.24, 2.45) is 0 Å². The van der Waals surface area contributed by atoms with Gasteiger partial charge in [0.1, 0.15) is 4.88 Å². The van der Waals surface area contributed by atoms with Crippen molar-refractivity contribution in [1.29, 1.82) is 0 Å². The molecule has 3 rings (SSSR count). The molecule has 9 heteroatoms. The molecule has 3 aromatic rings. The van der Waals surface area contributed by atoms with Crippen molar-refractivity contribution in [1.82, 2.24) is 20.2 Å². The van der Waals surface area contributed by atoms with Crippen LogP contribution in [0, 0.1) is 0 Å². The molecule has 0 aliphatic carbocycles. The summed E-state index contributed by atoms with van der Waals surface area (Å²) in [4.78, 5) is 22.6. The molecule has 0 spiro atoms. The van der Waals surface area contributed by atoms with Crippen molar-refractivity contribution in [3.05, 3.63) is 40.6 Å². The molecular weight excluding hydrogens is 336 g/mol. The number of rotatable bonds is 4. The Kier molecular flexibility index (Phi) is 4.26. The van der Waals surface area contributed by atoms with Crippen LogP contribution in [0.2, 0.25) is 5.15 Å². The van der Waals surface area contributed by atoms with Crippen LogP contribution in [0.5, 0.6) is 0 Å². The number of thiazole rings is 1. The smallest absolute Gasteiger partial charge is 0.270 e. The Bertz CT molecular complexity index is 829. The van der Waals surface area contributed by atoms with Crippen LogP contribution in [0.25, 0.3) is 11.3 Å². The molecule has 7 nitrogen and oxygen atoms in total. The van der Waals surface area contributed by atoms with Gasteiger partial charge in [-0.15, -0.1) is 0 Å². The van der Waals surface area contributed by atoms with E-state index in [1.807, 2.05) is 26.2 Å². The Morgan fingerprint density at radius 3 is 2.74 bits per heavy atom. The van der Waals surface area contributed by atoms with Gasteiger partial charge in [-0.3, -0.25) is 14.9 Å². The number of hydrogen-bond donors (Lipinski definition) is 2. The van der Waals surface area contributed by atoms with Crippen LogP contribution < -0.4 is 10.2 Å². The van der Waals surface area contributed by atoms with E-state index in [1.54, 1.807) is 23.4 Å². The van der Waals surface area contributed by atoms with Crippen molar-refractivity contribution in [2.75, 3.05) is 24.3 Å². The standard InChI is InChI=1S/C14H13ClN6OS/c1-21(2)14-18-12(15)11(23-14)13(22)17-10-7-9(19-20-10)8-3-5-16-6-4-8/h3-7H,1-2H3,(H2,17,19,20,22). The highest BCUT2D eigenvalue weighted by atomic mass is 35.5. The highest BCUT2D eigenvalue weighted by molar-refractivity contribution is 7.18. The van der Waals surface area contributed by atoms with Crippen molar-refractivity contribution in [3.63, 3.8) is 0 Å². The summed E-state index contributed by atoms with van der Waals surface area (Å²) < 4.78 is 0. The van der Waals surface area contributed by atoms with Crippen LogP contribution in [0.15, 0.2) is 30.6 Å². The van der Waals surface area contributed by atoms with E-state index in [2.05, 4.69) is 25.5 Å². The van der Waals surface area contributed by atoms with E-state index in [1.165, 1.54) is 11.3 Å². The molecule has 3 aromatic heterocycles. The molecule has 2 N–H and O–H groups in total. The van der Waals surface area contributed by atoms with E-state index in [0.29, 0.717) is 15.8 Å². The number of amides is 1. The zero-order valence-electron chi connectivity index (χ0n) is 12.4. The van der Waals surface area contributed by atoms with Crippen LogP contribution >= 0.6 is 22.9 Å². The van der Waals surface area contributed by atoms with Crippen molar-refractivity contribution in [2.45, 2.75) is 0 Å². The van der Waals surface area contributed by atoms with Gasteiger partial charge in [0.25, 0.3) is 5.91 Å². The minimum absolute atomic E-state index is 0.182. The maximum atomic E-state index is 12.3. The molecule has 0 aromatic carbocycles. The summed E-state index contributed by atoms with van der Waals surface area (Å²) >= 11 is 7.25. The van der Waals surface area contributed by atoms with Gasteiger partial charge in [-0.2, -0.15) is 5.10 Å². The lowest BCUT2D eigenvalue weighted by Gasteiger charge is -2.04. The van der Waals surface area contributed by atoms with Crippen LogP contribution in [0.1, 0.15) is 9.67 Å². The Balaban J connectivity index is 1.77. The number of H-pyrrole nitrogens is 1. The van der Waals surface area contributed by atoms with E-state index in [9.17, 15) is 4.79 Å². The second-order valence-corrected chi connectivity index (χ2v) is 6.20. The first-order valence-corrected chi connectivity index (χ1v) is 7.85. The van der Waals surface area contributed by atoms with Gasteiger partial charge in [0, 0.05) is 38.1 Å². The molecule has 0 radical (unpaired) electrons. The zero-order chi connectivity index (χ0) is 16.4. The Labute approximate surface area is 141 Å². The molecule has 0 saturated carbocycles. The van der Waals surface area contributed by atoms with Crippen LogP contribution in [0.4, 0.5) is 10.9 Å². The molecular formula is C14H13ClN6OS. The Morgan fingerprint density at radius 2 is 2.09 bits per heavy atom. The summed E-state index contributed by atoms with van der Waals surface area (Å²) in [6.45, 7) is 0. The first-order chi connectivity index (χ1) is 11.0. The average molecular weight is 349 g/mol. The second kappa shape index (κ2) is 6.35. The van der Waals surface area contributed by atoms with E-state index in [-0.39, 0.29) is 11.1 Å². The number of nitrogens with zero attached hydrogens (tertiary/aromatic N) is 4. The van der Waals surface area contributed by atoms with E-state index in [0.717, 1.165) is 11.3 Å². The highest BCUT2D eigenvalue weighted by Crippen LogP contribution is 2.29. The number of anilines is 2. The first-order valence-electron chi connectivity index (χ1n) is 6.65. The van der Waals surface area contributed by atoms with Gasteiger partial charge < -0.3 is 10.2 Å². The van der Waals surface area contributed by atoms with E-state index < -0.39 is 0 Å². The maximum absolute atomic E-state index is 12.3. The Morgan fingerprint density at radius 1 is 1.35 bits per heavy atom. The number of halogens is 1. The van der Waals surface area contributed by atoms with Crippen molar-refractivity contribution in [3.8, 4) is 11.3 Å². The molecule has 0 aliphatic rings. The molecule has 0 bridgehead atoms. The quantitative estimate of drug-likeness (QED) is 0.757. The first kappa shape index (κ1) is 15.4. The molecule has 23 heavy (non-hydrogen) atoms. The minimum Gasteiger partial charge on any atom is -0.354 e. The summed E-state index contributed by atoms with van der Waals surface area (Å²) in [5, 5.41) is 10.5. The number of aromatic nitrogens is 4. The number of carbonyl (C=O) groups is 1. The Hall–Kier alpha value is -2.45. The molecule has 0 fully saturated rings. The number of carbonyl (C=O) groups excluding carboxylic acids is 1. The molecule has 1 amide bonds. The summed E-state index contributed by atoms with van der Waals surface area (Å²) in [6, 6.07) is 5.44. The number of nitrogens with one attached hydrogen (secondary N) is 2. The van der Waals surface area contributed by atoms with Crippen LogP contribution in [0.3, 0.4) is 0 Å². The highest BCUT2D eigenvalue weighted by Gasteiger charge is 2.18. The van der Waals surface area contributed by atoms with Gasteiger partial charge in [-0.05, 0) is 12.1 Å². The maximum Gasteiger partial charge on any atom is 0.270 e. The van der Waals surface area contributed by atoms with Gasteiger partial charge in [0.15, 0.2) is 16.1 Å². The summed E-state index contributed by atoms with van der Waals surface area (Å²) in [7, 11) is 3.68. The fourth-order valence-electron chi connectivity index (χ4n) is 1.86. The fraction of sp³-hybridized carbons (Fsp3) is 0.143. The van der Waals surface area contributed by atoms with Gasteiger partial charge in [-0.1, -0.05) is 22.9 Å². The third-order valence-corrected chi connectivity index (χ3v) is 4.58. The summed E-state index contributed by atoms with van der Waals surface area (Å²) in [6.07, 6.45) is 3.38. The predicted molar refractivity (Wildman–Crippen MR) is 91.2 cm³/mol. The minimum atomic E-state index is -0.339. The van der Waals surface area contributed by atoms with Crippen LogP contribution in [-0.4, -0.2) is 40.2 Å². The molecule has 0 atom stereocenters. The molecule has 0 aliphatic heterocycles. The van der Waals surface area contributed by atoms with Gasteiger partial charge in [-0.25, -0.2) is 4.98 Å². The van der Waals surface area contributed by atoms with Crippen LogP contribution in [-0.2, 0) is 0 Å². The lowest BCUT2D eigenvalue weighted by atomic mass is 10.2. The lowest BCUT2D eigenvalue weighted by Crippen LogP contribution is -2.11. The molecule has 3 heterocycles. The average Bonchev–Trinajstić information content (AvgIpc) is 3.15. The molecule has 118 valence electrons. The monoisotopic (exact) mass is 348 g/mol. The largest absolute Gasteiger partial charge is 0.354 e. The summed E-state index contributed by atoms with van der Waals surface area (Å²) in [5.74, 6) is 0.0751. The van der Waals surface area contributed by atoms with Crippen molar-refractivity contribution < 1.29 is 4.79 Å². The third-order valence-electron chi connectivity index (χ3n) is 2.97. The van der Waals surface area contributed by atoms with E-state index in [4.69, 9.17) is 11.6 Å². The summed E-state index contributed by atoms with van der Waals surface area (Å²) in [5.41, 5.74) is 1.71. The fourth-order valence-corrected chi connectivity index (χ4v) is 2.97. The normalized spacial score (nSPS) is 10.6. The lowest BCUT2D eigenvalue weighted by molar-refractivity contribution is 0.103. The molecule has 0 unspecified atom stereocenters. The van der Waals surface area contributed by atoms with Gasteiger partial charge >= 0.3 is 0 Å². The van der Waals surface area contributed by atoms with Gasteiger partial charge in [0.2, 0.25) is 0 Å². The van der Waals surface area contributed by atoms with Crippen molar-refractivity contribution >= 4 is 39.8 Å². The molecule has 0 saturated heterocycles. The second-order valence-electron chi connectivity index (χ2n) is 4.87. The zero-order valence-corrected chi connectivity index (χ0v) is 13.9. The number of pyridine rings is 1. The number of hydrogen-bond acceptors (Lipinski definition) is 6. The topological polar surface area (TPSA) is 86.8 Å². The van der Waals surface area contributed by atoms with E-state index >= 15 is 0 Å². The third kappa shape index (κ3) is 3.33. The number of aromatic amines is 1.